The van der Waals surface area contributed by atoms with Crippen molar-refractivity contribution in [3.05, 3.63) is 104 Å². The largest absolute Gasteiger partial charge is 0.0879 e. The Hall–Kier alpha value is -1.30. The van der Waals surface area contributed by atoms with Crippen molar-refractivity contribution in [1.29, 1.82) is 0 Å². The molecule has 4 bridgehead atoms. The summed E-state index contributed by atoms with van der Waals surface area (Å²) in [6.07, 6.45) is 2.20. The maximum atomic E-state index is 6.75. The highest BCUT2D eigenvalue weighted by Crippen LogP contribution is 2.89. The lowest BCUT2D eigenvalue weighted by Crippen LogP contribution is -2.20. The minimum absolute atomic E-state index is 0.0296. The van der Waals surface area contributed by atoms with Crippen molar-refractivity contribution in [3.8, 4) is 0 Å². The monoisotopic (exact) mass is 518 g/mol. The number of hydrogen-bond acceptors (Lipinski definition) is 2. The summed E-state index contributed by atoms with van der Waals surface area (Å²) in [5.74, 6) is 0. The van der Waals surface area contributed by atoms with Crippen LogP contribution in [0.5, 0.6) is 0 Å². The third-order valence-electron chi connectivity index (χ3n) is 9.43. The first kappa shape index (κ1) is 23.1. The van der Waals surface area contributed by atoms with Crippen molar-refractivity contribution in [2.45, 2.75) is 41.5 Å². The van der Waals surface area contributed by atoms with Crippen molar-refractivity contribution in [2.75, 3.05) is 12.3 Å². The lowest BCUT2D eigenvalue weighted by atomic mass is 9.73. The zero-order valence-corrected chi connectivity index (χ0v) is 24.3. The fraction of sp³-hybridized carbons (Fsp3) is 0.333. The highest BCUT2D eigenvalue weighted by atomic mass is 32.4. The predicted octanol–water partition coefficient (Wildman–Crippen LogP) is 9.42. The molecule has 174 valence electrons. The molecular formula is C30H32P2S2. The normalized spacial score (nSPS) is 36.5. The molecule has 0 spiro atoms. The first-order valence-electron chi connectivity index (χ1n) is 12.2. The SMILES string of the molecule is CC1=C(C2=C(C)C3(C)CP2(=S)C(C)=C3c2ccccc2)P2(=S)CC1(C)C(c1ccccc1)=C2C. The van der Waals surface area contributed by atoms with Gasteiger partial charge in [0.05, 0.1) is 0 Å². The minimum Gasteiger partial charge on any atom is -0.0879 e. The zero-order chi connectivity index (χ0) is 24.3. The molecule has 0 saturated carbocycles. The van der Waals surface area contributed by atoms with Gasteiger partial charge < -0.3 is 0 Å². The topological polar surface area (TPSA) is 0 Å². The molecule has 4 unspecified atom stereocenters. The van der Waals surface area contributed by atoms with Crippen molar-refractivity contribution < 1.29 is 0 Å². The molecule has 0 amide bonds. The summed E-state index contributed by atoms with van der Waals surface area (Å²) in [6, 6.07) is 18.2. The van der Waals surface area contributed by atoms with E-state index in [1.807, 2.05) is 0 Å². The molecule has 0 fully saturated rings. The minimum atomic E-state index is -1.86. The zero-order valence-electron chi connectivity index (χ0n) is 20.9. The molecule has 0 radical (unpaired) electrons. The van der Waals surface area contributed by atoms with Crippen molar-refractivity contribution in [2.24, 2.45) is 10.8 Å². The highest BCUT2D eigenvalue weighted by Gasteiger charge is 2.61. The predicted molar refractivity (Wildman–Crippen MR) is 158 cm³/mol. The van der Waals surface area contributed by atoms with Crippen LogP contribution in [0.2, 0.25) is 0 Å². The fourth-order valence-corrected chi connectivity index (χ4v) is 20.6. The van der Waals surface area contributed by atoms with Crippen LogP contribution in [0.1, 0.15) is 52.7 Å². The van der Waals surface area contributed by atoms with Gasteiger partial charge in [0.1, 0.15) is 0 Å². The van der Waals surface area contributed by atoms with Crippen LogP contribution in [0.4, 0.5) is 0 Å². The molecule has 4 heterocycles. The first-order chi connectivity index (χ1) is 16.0. The molecule has 2 aromatic carbocycles. The summed E-state index contributed by atoms with van der Waals surface area (Å²) in [6.45, 7) is 14.4. The third-order valence-corrected chi connectivity index (χ3v) is 20.4. The van der Waals surface area contributed by atoms with Crippen LogP contribution in [0.25, 0.3) is 11.1 Å². The van der Waals surface area contributed by atoms with Crippen LogP contribution >= 0.6 is 12.1 Å². The van der Waals surface area contributed by atoms with Gasteiger partial charge in [0.2, 0.25) is 0 Å². The van der Waals surface area contributed by atoms with Gasteiger partial charge >= 0.3 is 0 Å². The fourth-order valence-electron chi connectivity index (χ4n) is 7.58. The Morgan fingerprint density at radius 3 is 1.24 bits per heavy atom. The van der Waals surface area contributed by atoms with Crippen LogP contribution in [-0.4, -0.2) is 12.3 Å². The molecule has 0 saturated heterocycles. The third kappa shape index (κ3) is 2.57. The maximum absolute atomic E-state index is 6.75. The van der Waals surface area contributed by atoms with Gasteiger partial charge in [0.25, 0.3) is 0 Å². The second-order valence-corrected chi connectivity index (χ2v) is 20.6. The maximum Gasteiger partial charge on any atom is 0.0202 e. The van der Waals surface area contributed by atoms with Gasteiger partial charge in [0.15, 0.2) is 0 Å². The number of rotatable bonds is 3. The van der Waals surface area contributed by atoms with E-state index in [-0.39, 0.29) is 10.8 Å². The molecule has 0 N–H and O–H groups in total. The summed E-state index contributed by atoms with van der Waals surface area (Å²) >= 11 is 13.5. The molecule has 0 aromatic heterocycles. The second kappa shape index (κ2) is 7.14. The van der Waals surface area contributed by atoms with Gasteiger partial charge in [0, 0.05) is 22.9 Å². The number of allylic oxidation sites excluding steroid dienone is 8. The van der Waals surface area contributed by atoms with E-state index in [0.717, 1.165) is 12.3 Å². The van der Waals surface area contributed by atoms with Crippen LogP contribution < -0.4 is 0 Å². The quantitative estimate of drug-likeness (QED) is 0.371. The molecule has 4 atom stereocenters. The van der Waals surface area contributed by atoms with Gasteiger partial charge in [-0.05, 0) is 83.5 Å². The van der Waals surface area contributed by atoms with E-state index in [0.29, 0.717) is 0 Å². The number of fused-ring (bicyclic) bond motifs is 4. The average Bonchev–Trinajstić information content (AvgIpc) is 3.32. The van der Waals surface area contributed by atoms with E-state index >= 15 is 0 Å². The van der Waals surface area contributed by atoms with E-state index < -0.39 is 12.1 Å². The average molecular weight is 519 g/mol. The summed E-state index contributed by atoms with van der Waals surface area (Å²) in [5.41, 5.74) is 8.79. The van der Waals surface area contributed by atoms with Crippen LogP contribution in [0, 0.1) is 10.8 Å². The molecule has 34 heavy (non-hydrogen) atoms. The molecule has 0 aliphatic carbocycles. The van der Waals surface area contributed by atoms with Gasteiger partial charge in [-0.1, -0.05) is 109 Å². The first-order valence-corrected chi connectivity index (χ1v) is 18.1. The number of benzene rings is 2. The second-order valence-electron chi connectivity index (χ2n) is 11.1. The van der Waals surface area contributed by atoms with Crippen molar-refractivity contribution in [3.63, 3.8) is 0 Å². The van der Waals surface area contributed by atoms with Gasteiger partial charge in [-0.3, -0.25) is 0 Å². The summed E-state index contributed by atoms with van der Waals surface area (Å²) in [4.78, 5) is 0. The molecule has 4 aliphatic rings. The lowest BCUT2D eigenvalue weighted by molar-refractivity contribution is 0.621. The molecule has 4 heteroatoms. The summed E-state index contributed by atoms with van der Waals surface area (Å²) < 4.78 is 0. The van der Waals surface area contributed by atoms with E-state index in [2.05, 4.69) is 102 Å². The van der Waals surface area contributed by atoms with Crippen LogP contribution in [-0.2, 0) is 23.6 Å². The van der Waals surface area contributed by atoms with Crippen LogP contribution in [0.15, 0.2) is 93.1 Å². The Morgan fingerprint density at radius 1 is 0.588 bits per heavy atom. The standard InChI is InChI=1S/C30H32P2S2/c1-19-27(31(33)17-29(19,5)25(21(31)3)23-13-9-7-10-14-23)28-20(2)30(6)18-32(28,34)22(4)26(30)24-15-11-8-12-16-24/h7-16H,17-18H2,1-6H3. The Morgan fingerprint density at radius 2 is 0.912 bits per heavy atom. The Labute approximate surface area is 215 Å². The molecule has 2 aromatic rings. The Bertz CT molecular complexity index is 1390. The van der Waals surface area contributed by atoms with Crippen LogP contribution in [0.3, 0.4) is 0 Å². The molecule has 0 nitrogen and oxygen atoms in total. The van der Waals surface area contributed by atoms with E-state index in [1.165, 1.54) is 44.0 Å². The number of hydrogen-bond donors (Lipinski definition) is 0. The highest BCUT2D eigenvalue weighted by molar-refractivity contribution is 8.22. The van der Waals surface area contributed by atoms with Crippen molar-refractivity contribution in [1.82, 2.24) is 0 Å². The van der Waals surface area contributed by atoms with Gasteiger partial charge in [-0.2, -0.15) is 0 Å². The lowest BCUT2D eigenvalue weighted by Gasteiger charge is -2.36. The van der Waals surface area contributed by atoms with Gasteiger partial charge in [-0.15, -0.1) is 0 Å². The molecule has 4 aliphatic heterocycles. The van der Waals surface area contributed by atoms with E-state index in [9.17, 15) is 0 Å². The Kier molecular flexibility index (Phi) is 4.85. The summed E-state index contributed by atoms with van der Waals surface area (Å²) in [5, 5.41) is 6.05. The smallest absolute Gasteiger partial charge is 0.0202 e. The summed E-state index contributed by atoms with van der Waals surface area (Å²) in [7, 11) is 0. The van der Waals surface area contributed by atoms with Crippen molar-refractivity contribution >= 4 is 46.8 Å². The van der Waals surface area contributed by atoms with E-state index in [1.54, 1.807) is 10.6 Å². The Balaban J connectivity index is 1.56. The molecular weight excluding hydrogens is 486 g/mol. The van der Waals surface area contributed by atoms with E-state index in [4.69, 9.17) is 23.6 Å². The van der Waals surface area contributed by atoms with Gasteiger partial charge in [-0.25, -0.2) is 0 Å². The molecule has 6 rings (SSSR count).